The summed E-state index contributed by atoms with van der Waals surface area (Å²) in [5.41, 5.74) is 1.36. The van der Waals surface area contributed by atoms with E-state index in [-0.39, 0.29) is 43.9 Å². The quantitative estimate of drug-likeness (QED) is 0.690. The van der Waals surface area contributed by atoms with Crippen LogP contribution in [0.15, 0.2) is 47.4 Å². The van der Waals surface area contributed by atoms with Crippen LogP contribution in [0.2, 0.25) is 0 Å². The number of nitrogens with zero attached hydrogens (tertiary/aromatic N) is 2. The standard InChI is InChI=1S/C23H27F2N3O4S/c1-15(2)20(26-22(29)17-7-4-6-16(3)14-17)23(30)27-10-12-28(13-11-27)33(31,32)21-18(24)8-5-9-19(21)25/h4-9,14-15,20H,10-13H2,1-3H3,(H,26,29). The summed E-state index contributed by atoms with van der Waals surface area (Å²) in [5, 5.41) is 2.78. The van der Waals surface area contributed by atoms with Gasteiger partial charge in [0.25, 0.3) is 5.91 Å². The van der Waals surface area contributed by atoms with E-state index < -0.39 is 32.6 Å². The molecule has 3 rings (SSSR count). The topological polar surface area (TPSA) is 86.8 Å². The fraction of sp³-hybridized carbons (Fsp3) is 0.391. The number of hydrogen-bond donors (Lipinski definition) is 1. The minimum Gasteiger partial charge on any atom is -0.340 e. The molecule has 1 atom stereocenters. The minimum absolute atomic E-state index is 0.0394. The summed E-state index contributed by atoms with van der Waals surface area (Å²) in [6.07, 6.45) is 0. The molecule has 178 valence electrons. The van der Waals surface area contributed by atoms with Crippen LogP contribution in [-0.2, 0) is 14.8 Å². The van der Waals surface area contributed by atoms with Gasteiger partial charge in [-0.1, -0.05) is 37.6 Å². The highest BCUT2D eigenvalue weighted by molar-refractivity contribution is 7.89. The monoisotopic (exact) mass is 479 g/mol. The van der Waals surface area contributed by atoms with Crippen molar-refractivity contribution in [2.45, 2.75) is 31.7 Å². The second-order valence-corrected chi connectivity index (χ2v) is 10.2. The molecule has 0 saturated carbocycles. The molecule has 1 unspecified atom stereocenters. The van der Waals surface area contributed by atoms with Crippen molar-refractivity contribution in [1.29, 1.82) is 0 Å². The zero-order valence-electron chi connectivity index (χ0n) is 18.7. The first-order valence-electron chi connectivity index (χ1n) is 10.6. The van der Waals surface area contributed by atoms with Crippen LogP contribution >= 0.6 is 0 Å². The first kappa shape index (κ1) is 24.8. The number of halogens is 2. The fourth-order valence-corrected chi connectivity index (χ4v) is 5.26. The second-order valence-electron chi connectivity index (χ2n) is 8.34. The van der Waals surface area contributed by atoms with Gasteiger partial charge in [-0.25, -0.2) is 17.2 Å². The van der Waals surface area contributed by atoms with Crippen LogP contribution in [0.1, 0.15) is 29.8 Å². The number of benzene rings is 2. The summed E-state index contributed by atoms with van der Waals surface area (Å²) < 4.78 is 54.6. The summed E-state index contributed by atoms with van der Waals surface area (Å²) in [6.45, 7) is 5.33. The molecule has 0 spiro atoms. The average Bonchev–Trinajstić information content (AvgIpc) is 2.76. The van der Waals surface area contributed by atoms with Gasteiger partial charge in [0.05, 0.1) is 0 Å². The number of rotatable bonds is 6. The number of piperazine rings is 1. The molecule has 2 amide bonds. The summed E-state index contributed by atoms with van der Waals surface area (Å²) in [4.78, 5) is 26.3. The third-order valence-corrected chi connectivity index (χ3v) is 7.52. The van der Waals surface area contributed by atoms with Crippen molar-refractivity contribution in [3.63, 3.8) is 0 Å². The van der Waals surface area contributed by atoms with E-state index in [0.29, 0.717) is 5.56 Å². The van der Waals surface area contributed by atoms with E-state index in [0.717, 1.165) is 28.1 Å². The Labute approximate surface area is 192 Å². The van der Waals surface area contributed by atoms with E-state index in [1.807, 2.05) is 13.0 Å². The van der Waals surface area contributed by atoms with Gasteiger partial charge in [0, 0.05) is 31.7 Å². The molecule has 1 aliphatic heterocycles. The summed E-state index contributed by atoms with van der Waals surface area (Å²) >= 11 is 0. The van der Waals surface area contributed by atoms with E-state index in [1.54, 1.807) is 32.0 Å². The maximum absolute atomic E-state index is 14.0. The molecule has 0 radical (unpaired) electrons. The highest BCUT2D eigenvalue weighted by atomic mass is 32.2. The normalized spacial score (nSPS) is 16.0. The number of nitrogens with one attached hydrogen (secondary N) is 1. The lowest BCUT2D eigenvalue weighted by Crippen LogP contribution is -2.57. The largest absolute Gasteiger partial charge is 0.340 e. The molecule has 7 nitrogen and oxygen atoms in total. The van der Waals surface area contributed by atoms with Crippen LogP contribution in [0.3, 0.4) is 0 Å². The van der Waals surface area contributed by atoms with Crippen molar-refractivity contribution >= 4 is 21.8 Å². The highest BCUT2D eigenvalue weighted by Crippen LogP contribution is 2.24. The molecule has 0 aromatic heterocycles. The Hall–Kier alpha value is -2.85. The van der Waals surface area contributed by atoms with E-state index in [4.69, 9.17) is 0 Å². The molecule has 1 N–H and O–H groups in total. The van der Waals surface area contributed by atoms with E-state index >= 15 is 0 Å². The van der Waals surface area contributed by atoms with E-state index in [9.17, 15) is 26.8 Å². The van der Waals surface area contributed by atoms with Crippen LogP contribution in [0, 0.1) is 24.5 Å². The molecule has 0 bridgehead atoms. The molecule has 1 aliphatic rings. The maximum atomic E-state index is 14.0. The molecular weight excluding hydrogens is 452 g/mol. The third kappa shape index (κ3) is 5.39. The van der Waals surface area contributed by atoms with Gasteiger partial charge in [-0.15, -0.1) is 0 Å². The SMILES string of the molecule is Cc1cccc(C(=O)NC(C(=O)N2CCN(S(=O)(=O)c3c(F)cccc3F)CC2)C(C)C)c1. The Morgan fingerprint density at radius 1 is 0.970 bits per heavy atom. The van der Waals surface area contributed by atoms with Gasteiger partial charge < -0.3 is 10.2 Å². The second kappa shape index (κ2) is 9.96. The Morgan fingerprint density at radius 2 is 1.55 bits per heavy atom. The van der Waals surface area contributed by atoms with Gasteiger partial charge in [-0.3, -0.25) is 9.59 Å². The molecule has 33 heavy (non-hydrogen) atoms. The Balaban J connectivity index is 1.69. The number of hydrogen-bond acceptors (Lipinski definition) is 4. The van der Waals surface area contributed by atoms with E-state index in [1.165, 1.54) is 4.90 Å². The molecule has 1 saturated heterocycles. The first-order valence-corrected chi connectivity index (χ1v) is 12.1. The van der Waals surface area contributed by atoms with Crippen LogP contribution in [-0.4, -0.2) is 61.7 Å². The molecule has 1 fully saturated rings. The number of sulfonamides is 1. The molecule has 1 heterocycles. The average molecular weight is 480 g/mol. The third-order valence-electron chi connectivity index (χ3n) is 5.57. The van der Waals surface area contributed by atoms with Crippen LogP contribution < -0.4 is 5.32 Å². The van der Waals surface area contributed by atoms with E-state index in [2.05, 4.69) is 5.32 Å². The zero-order chi connectivity index (χ0) is 24.3. The van der Waals surface area contributed by atoms with Crippen molar-refractivity contribution in [2.24, 2.45) is 5.92 Å². The fourth-order valence-electron chi connectivity index (χ4n) is 3.73. The number of carbonyl (C=O) groups excluding carboxylic acids is 2. The van der Waals surface area contributed by atoms with Gasteiger partial charge in [-0.05, 0) is 37.1 Å². The van der Waals surface area contributed by atoms with Crippen molar-refractivity contribution in [1.82, 2.24) is 14.5 Å². The van der Waals surface area contributed by atoms with Crippen LogP contribution in [0.25, 0.3) is 0 Å². The molecule has 2 aromatic carbocycles. The lowest BCUT2D eigenvalue weighted by molar-refractivity contribution is -0.135. The predicted octanol–water partition coefficient (Wildman–Crippen LogP) is 2.56. The maximum Gasteiger partial charge on any atom is 0.251 e. The van der Waals surface area contributed by atoms with Crippen LogP contribution in [0.4, 0.5) is 8.78 Å². The summed E-state index contributed by atoms with van der Waals surface area (Å²) in [6, 6.07) is 9.08. The van der Waals surface area contributed by atoms with Gasteiger partial charge >= 0.3 is 0 Å². The van der Waals surface area contributed by atoms with Crippen LogP contribution in [0.5, 0.6) is 0 Å². The smallest absolute Gasteiger partial charge is 0.251 e. The molecule has 10 heteroatoms. The Kier molecular flexibility index (Phi) is 7.48. The van der Waals surface area contributed by atoms with Gasteiger partial charge in [0.1, 0.15) is 17.7 Å². The van der Waals surface area contributed by atoms with Crippen molar-refractivity contribution < 1.29 is 26.8 Å². The molecule has 2 aromatic rings. The molecule has 0 aliphatic carbocycles. The van der Waals surface area contributed by atoms with Crippen molar-refractivity contribution in [3.05, 3.63) is 65.2 Å². The minimum atomic E-state index is -4.39. The van der Waals surface area contributed by atoms with Gasteiger partial charge in [0.15, 0.2) is 4.90 Å². The number of carbonyl (C=O) groups is 2. The Bertz CT molecular complexity index is 1130. The van der Waals surface area contributed by atoms with Crippen molar-refractivity contribution in [3.8, 4) is 0 Å². The zero-order valence-corrected chi connectivity index (χ0v) is 19.5. The highest BCUT2D eigenvalue weighted by Gasteiger charge is 2.36. The predicted molar refractivity (Wildman–Crippen MR) is 119 cm³/mol. The number of aryl methyl sites for hydroxylation is 1. The summed E-state index contributed by atoms with van der Waals surface area (Å²) in [7, 11) is -4.39. The van der Waals surface area contributed by atoms with Crippen molar-refractivity contribution in [2.75, 3.05) is 26.2 Å². The lowest BCUT2D eigenvalue weighted by atomic mass is 10.0. The summed E-state index contributed by atoms with van der Waals surface area (Å²) in [5.74, 6) is -3.23. The lowest BCUT2D eigenvalue weighted by Gasteiger charge is -2.36. The van der Waals surface area contributed by atoms with Gasteiger partial charge in [0.2, 0.25) is 15.9 Å². The van der Waals surface area contributed by atoms with Gasteiger partial charge in [-0.2, -0.15) is 4.31 Å². The first-order chi connectivity index (χ1) is 15.5. The molecular formula is C23H27F2N3O4S. The Morgan fingerprint density at radius 3 is 2.09 bits per heavy atom. The number of amides is 2.